The van der Waals surface area contributed by atoms with Gasteiger partial charge in [0.05, 0.1) is 6.20 Å². The van der Waals surface area contributed by atoms with Crippen LogP contribution in [0, 0.1) is 17.3 Å². The molecule has 1 aromatic rings. The van der Waals surface area contributed by atoms with Crippen molar-refractivity contribution in [3.05, 3.63) is 18.0 Å². The molecule has 2 unspecified atom stereocenters. The van der Waals surface area contributed by atoms with Gasteiger partial charge in [-0.1, -0.05) is 13.8 Å². The van der Waals surface area contributed by atoms with E-state index < -0.39 is 0 Å². The summed E-state index contributed by atoms with van der Waals surface area (Å²) >= 11 is 0. The van der Waals surface area contributed by atoms with Crippen LogP contribution in [-0.2, 0) is 13.5 Å². The monoisotopic (exact) mass is 247 g/mol. The van der Waals surface area contributed by atoms with Crippen LogP contribution in [-0.4, -0.2) is 22.4 Å². The van der Waals surface area contributed by atoms with Gasteiger partial charge in [-0.25, -0.2) is 0 Å². The van der Waals surface area contributed by atoms with E-state index >= 15 is 0 Å². The zero-order chi connectivity index (χ0) is 12.8. The van der Waals surface area contributed by atoms with E-state index in [1.165, 1.54) is 37.8 Å². The lowest BCUT2D eigenvalue weighted by Gasteiger charge is -2.32. The second-order valence-electron chi connectivity index (χ2n) is 6.90. The number of hydrogen-bond acceptors (Lipinski definition) is 2. The molecule has 3 rings (SSSR count). The molecule has 0 aromatic carbocycles. The fourth-order valence-electron chi connectivity index (χ4n) is 3.77. The maximum absolute atomic E-state index is 4.31. The van der Waals surface area contributed by atoms with Gasteiger partial charge >= 0.3 is 0 Å². The molecule has 0 spiro atoms. The Morgan fingerprint density at radius 1 is 1.44 bits per heavy atom. The summed E-state index contributed by atoms with van der Waals surface area (Å²) in [6.07, 6.45) is 9.77. The van der Waals surface area contributed by atoms with Gasteiger partial charge in [0.15, 0.2) is 0 Å². The van der Waals surface area contributed by atoms with E-state index in [1.807, 2.05) is 17.9 Å². The Kier molecular flexibility index (Phi) is 2.97. The SMILES string of the molecule is CC(C)NCC1(Cc2cnn(C)c2)CC2CC2C1. The predicted molar refractivity (Wildman–Crippen MR) is 73.3 cm³/mol. The number of rotatable bonds is 5. The van der Waals surface area contributed by atoms with Crippen molar-refractivity contribution in [3.63, 3.8) is 0 Å². The van der Waals surface area contributed by atoms with Crippen LogP contribution in [0.2, 0.25) is 0 Å². The normalized spacial score (nSPS) is 34.0. The molecule has 1 N–H and O–H groups in total. The molecule has 3 nitrogen and oxygen atoms in total. The lowest BCUT2D eigenvalue weighted by molar-refractivity contribution is 0.241. The van der Waals surface area contributed by atoms with Gasteiger partial charge in [-0.3, -0.25) is 4.68 Å². The van der Waals surface area contributed by atoms with E-state index in [1.54, 1.807) is 0 Å². The molecule has 0 radical (unpaired) electrons. The molecule has 1 heterocycles. The highest BCUT2D eigenvalue weighted by molar-refractivity contribution is 5.13. The fraction of sp³-hybridized carbons (Fsp3) is 0.800. The van der Waals surface area contributed by atoms with Crippen molar-refractivity contribution in [3.8, 4) is 0 Å². The van der Waals surface area contributed by atoms with Crippen LogP contribution in [0.15, 0.2) is 12.4 Å². The van der Waals surface area contributed by atoms with Gasteiger partial charge < -0.3 is 5.32 Å². The number of nitrogens with zero attached hydrogens (tertiary/aromatic N) is 2. The van der Waals surface area contributed by atoms with Crippen molar-refractivity contribution in [1.82, 2.24) is 15.1 Å². The number of aryl methyl sites for hydroxylation is 1. The largest absolute Gasteiger partial charge is 0.314 e. The smallest absolute Gasteiger partial charge is 0.0521 e. The summed E-state index contributed by atoms with van der Waals surface area (Å²) in [4.78, 5) is 0. The van der Waals surface area contributed by atoms with Gasteiger partial charge in [0.1, 0.15) is 0 Å². The molecule has 0 bridgehead atoms. The van der Waals surface area contributed by atoms with E-state index in [2.05, 4.69) is 30.5 Å². The van der Waals surface area contributed by atoms with Gasteiger partial charge in [-0.05, 0) is 48.5 Å². The molecule has 2 aliphatic carbocycles. The Hall–Kier alpha value is -0.830. The molecular formula is C15H25N3. The summed E-state index contributed by atoms with van der Waals surface area (Å²) in [5.41, 5.74) is 1.91. The number of nitrogens with one attached hydrogen (secondary N) is 1. The summed E-state index contributed by atoms with van der Waals surface area (Å²) < 4.78 is 1.93. The van der Waals surface area contributed by atoms with Crippen molar-refractivity contribution in [2.45, 2.75) is 45.6 Å². The zero-order valence-electron chi connectivity index (χ0n) is 11.8. The van der Waals surface area contributed by atoms with Crippen LogP contribution >= 0.6 is 0 Å². The highest BCUT2D eigenvalue weighted by atomic mass is 15.2. The number of fused-ring (bicyclic) bond motifs is 1. The Balaban J connectivity index is 1.69. The Labute approximate surface area is 110 Å². The first-order valence-corrected chi connectivity index (χ1v) is 7.27. The molecule has 1 aromatic heterocycles. The molecule has 3 heteroatoms. The molecule has 0 amide bonds. The van der Waals surface area contributed by atoms with E-state index in [9.17, 15) is 0 Å². The lowest BCUT2D eigenvalue weighted by Crippen LogP contribution is -2.38. The zero-order valence-corrected chi connectivity index (χ0v) is 11.8. The van der Waals surface area contributed by atoms with E-state index in [4.69, 9.17) is 0 Å². The van der Waals surface area contributed by atoms with Gasteiger partial charge in [-0.2, -0.15) is 5.10 Å². The van der Waals surface area contributed by atoms with Crippen LogP contribution in [0.5, 0.6) is 0 Å². The molecule has 0 saturated heterocycles. The van der Waals surface area contributed by atoms with Crippen LogP contribution < -0.4 is 5.32 Å². The molecule has 2 saturated carbocycles. The summed E-state index contributed by atoms with van der Waals surface area (Å²) in [6.45, 7) is 5.66. The summed E-state index contributed by atoms with van der Waals surface area (Å²) in [7, 11) is 2.01. The van der Waals surface area contributed by atoms with Gasteiger partial charge in [-0.15, -0.1) is 0 Å². The van der Waals surface area contributed by atoms with E-state index in [0.717, 1.165) is 11.8 Å². The van der Waals surface area contributed by atoms with Crippen molar-refractivity contribution in [2.24, 2.45) is 24.3 Å². The first-order valence-electron chi connectivity index (χ1n) is 7.27. The molecule has 18 heavy (non-hydrogen) atoms. The molecular weight excluding hydrogens is 222 g/mol. The van der Waals surface area contributed by atoms with Gasteiger partial charge in [0, 0.05) is 25.8 Å². The minimum atomic E-state index is 0.501. The van der Waals surface area contributed by atoms with Crippen molar-refractivity contribution < 1.29 is 0 Å². The van der Waals surface area contributed by atoms with Crippen molar-refractivity contribution in [1.29, 1.82) is 0 Å². The fourth-order valence-corrected chi connectivity index (χ4v) is 3.77. The van der Waals surface area contributed by atoms with Crippen LogP contribution in [0.1, 0.15) is 38.7 Å². The van der Waals surface area contributed by atoms with Crippen LogP contribution in [0.4, 0.5) is 0 Å². The number of hydrogen-bond donors (Lipinski definition) is 1. The average molecular weight is 247 g/mol. The highest BCUT2D eigenvalue weighted by Gasteiger charge is 2.53. The van der Waals surface area contributed by atoms with E-state index in [0.29, 0.717) is 11.5 Å². The standard InChI is InChI=1S/C15H25N3/c1-11(2)16-10-15(6-13-4-14(13)7-15)5-12-8-17-18(3)9-12/h8-9,11,13-14,16H,4-7,10H2,1-3H3. The van der Waals surface area contributed by atoms with E-state index in [-0.39, 0.29) is 0 Å². The molecule has 2 aliphatic rings. The quantitative estimate of drug-likeness (QED) is 0.866. The van der Waals surface area contributed by atoms with Crippen molar-refractivity contribution in [2.75, 3.05) is 6.54 Å². The van der Waals surface area contributed by atoms with Crippen LogP contribution in [0.25, 0.3) is 0 Å². The Morgan fingerprint density at radius 3 is 2.72 bits per heavy atom. The second kappa shape index (κ2) is 4.37. The Bertz CT molecular complexity index is 411. The first-order chi connectivity index (χ1) is 8.56. The summed E-state index contributed by atoms with van der Waals surface area (Å²) in [5, 5.41) is 7.98. The molecule has 2 fully saturated rings. The minimum Gasteiger partial charge on any atom is -0.314 e. The minimum absolute atomic E-state index is 0.501. The third-order valence-electron chi connectivity index (χ3n) is 4.68. The van der Waals surface area contributed by atoms with Crippen molar-refractivity contribution >= 4 is 0 Å². The highest BCUT2D eigenvalue weighted by Crippen LogP contribution is 2.60. The van der Waals surface area contributed by atoms with Gasteiger partial charge in [0.25, 0.3) is 0 Å². The number of aromatic nitrogens is 2. The second-order valence-corrected chi connectivity index (χ2v) is 6.90. The third kappa shape index (κ3) is 2.46. The summed E-state index contributed by atoms with van der Waals surface area (Å²) in [6, 6.07) is 0.590. The average Bonchev–Trinajstić information content (AvgIpc) is 2.72. The Morgan fingerprint density at radius 2 is 2.17 bits per heavy atom. The lowest BCUT2D eigenvalue weighted by atomic mass is 9.78. The molecule has 2 atom stereocenters. The maximum atomic E-state index is 4.31. The molecule has 0 aliphatic heterocycles. The first kappa shape index (κ1) is 12.2. The topological polar surface area (TPSA) is 29.9 Å². The molecule has 100 valence electrons. The predicted octanol–water partition coefficient (Wildman–Crippen LogP) is 2.38. The third-order valence-corrected chi connectivity index (χ3v) is 4.68. The van der Waals surface area contributed by atoms with Crippen LogP contribution in [0.3, 0.4) is 0 Å². The summed E-state index contributed by atoms with van der Waals surface area (Å²) in [5.74, 6) is 2.08. The maximum Gasteiger partial charge on any atom is 0.0521 e. The van der Waals surface area contributed by atoms with Gasteiger partial charge in [0.2, 0.25) is 0 Å².